The second-order valence-electron chi connectivity index (χ2n) is 13.3. The van der Waals surface area contributed by atoms with E-state index in [-0.39, 0.29) is 0 Å². The van der Waals surface area contributed by atoms with Gasteiger partial charge < -0.3 is 4.90 Å². The molecule has 9 aromatic carbocycles. The monoisotopic (exact) mass is 679 g/mol. The van der Waals surface area contributed by atoms with Gasteiger partial charge in [0.05, 0.1) is 10.4 Å². The van der Waals surface area contributed by atoms with Gasteiger partial charge in [-0.05, 0) is 97.4 Å². The number of rotatable bonds is 6. The lowest BCUT2D eigenvalue weighted by molar-refractivity contribution is 1.30. The number of hydrogen-bond acceptors (Lipinski definition) is 2. The van der Waals surface area contributed by atoms with Crippen LogP contribution in [0.2, 0.25) is 0 Å². The molecule has 0 saturated heterocycles. The van der Waals surface area contributed by atoms with Crippen LogP contribution >= 0.6 is 11.3 Å². The van der Waals surface area contributed by atoms with E-state index in [2.05, 4.69) is 205 Å². The molecule has 0 bridgehead atoms. The molecular formula is C50H33NS. The van der Waals surface area contributed by atoms with E-state index in [0.29, 0.717) is 0 Å². The molecule has 1 heterocycles. The number of thiophene rings is 1. The van der Waals surface area contributed by atoms with Crippen molar-refractivity contribution >= 4 is 70.1 Å². The lowest BCUT2D eigenvalue weighted by atomic mass is 9.93. The third-order valence-electron chi connectivity index (χ3n) is 10.3. The van der Waals surface area contributed by atoms with Crippen molar-refractivity contribution < 1.29 is 0 Å². The Labute approximate surface area is 307 Å². The molecule has 244 valence electrons. The van der Waals surface area contributed by atoms with Crippen LogP contribution in [0.15, 0.2) is 200 Å². The Morgan fingerprint density at radius 1 is 0.346 bits per heavy atom. The van der Waals surface area contributed by atoms with Crippen molar-refractivity contribution in [2.45, 2.75) is 0 Å². The van der Waals surface area contributed by atoms with Crippen LogP contribution in [-0.2, 0) is 0 Å². The first-order valence-corrected chi connectivity index (χ1v) is 18.6. The van der Waals surface area contributed by atoms with Gasteiger partial charge in [-0.2, -0.15) is 0 Å². The summed E-state index contributed by atoms with van der Waals surface area (Å²) in [5.74, 6) is 0. The maximum absolute atomic E-state index is 2.43. The number of fused-ring (bicyclic) bond motifs is 6. The van der Waals surface area contributed by atoms with Crippen LogP contribution in [0, 0.1) is 0 Å². The van der Waals surface area contributed by atoms with Crippen molar-refractivity contribution in [1.82, 2.24) is 0 Å². The molecule has 0 spiro atoms. The first-order valence-electron chi connectivity index (χ1n) is 17.8. The standard InChI is InChI=1S/C50H33NS/c1-3-13-34(14-4-1)35-25-29-39(30-26-35)51(47-23-11-22-45-49-42(36-15-5-2-6-16-36)21-12-24-48(49)52-50(45)47)40-31-27-37(28-32-40)46-33-38-17-7-8-18-41(38)43-19-9-10-20-44(43)46/h1-33H. The number of nitrogens with zero attached hydrogens (tertiary/aromatic N) is 1. The van der Waals surface area contributed by atoms with Crippen molar-refractivity contribution in [2.75, 3.05) is 4.90 Å². The Kier molecular flexibility index (Phi) is 7.41. The van der Waals surface area contributed by atoms with Crippen molar-refractivity contribution in [2.24, 2.45) is 0 Å². The molecule has 52 heavy (non-hydrogen) atoms. The Hall–Kier alpha value is -6.48. The van der Waals surface area contributed by atoms with E-state index in [1.807, 2.05) is 11.3 Å². The smallest absolute Gasteiger partial charge is 0.0640 e. The van der Waals surface area contributed by atoms with Gasteiger partial charge in [0.15, 0.2) is 0 Å². The molecule has 0 aliphatic heterocycles. The second-order valence-corrected chi connectivity index (χ2v) is 14.3. The Bertz CT molecular complexity index is 2870. The lowest BCUT2D eigenvalue weighted by Gasteiger charge is -2.26. The van der Waals surface area contributed by atoms with E-state index in [9.17, 15) is 0 Å². The fraction of sp³-hybridized carbons (Fsp3) is 0. The minimum Gasteiger partial charge on any atom is -0.309 e. The van der Waals surface area contributed by atoms with E-state index in [4.69, 9.17) is 0 Å². The van der Waals surface area contributed by atoms with Gasteiger partial charge in [0, 0.05) is 26.8 Å². The minimum atomic E-state index is 1.12. The zero-order chi connectivity index (χ0) is 34.4. The van der Waals surface area contributed by atoms with Crippen molar-refractivity contribution in [3.63, 3.8) is 0 Å². The van der Waals surface area contributed by atoms with E-state index in [0.717, 1.165) is 11.4 Å². The van der Waals surface area contributed by atoms with E-state index < -0.39 is 0 Å². The fourth-order valence-corrected chi connectivity index (χ4v) is 9.04. The van der Waals surface area contributed by atoms with Crippen LogP contribution in [0.5, 0.6) is 0 Å². The van der Waals surface area contributed by atoms with Crippen molar-refractivity contribution in [3.05, 3.63) is 200 Å². The van der Waals surface area contributed by atoms with Gasteiger partial charge in [-0.15, -0.1) is 11.3 Å². The Morgan fingerprint density at radius 3 is 1.62 bits per heavy atom. The van der Waals surface area contributed by atoms with Gasteiger partial charge in [0.25, 0.3) is 0 Å². The van der Waals surface area contributed by atoms with Gasteiger partial charge in [-0.1, -0.05) is 158 Å². The maximum Gasteiger partial charge on any atom is 0.0640 e. The van der Waals surface area contributed by atoms with Crippen LogP contribution in [0.25, 0.3) is 75.1 Å². The summed E-state index contributed by atoms with van der Waals surface area (Å²) in [6.07, 6.45) is 0. The fourth-order valence-electron chi connectivity index (χ4n) is 7.81. The molecule has 0 unspecified atom stereocenters. The van der Waals surface area contributed by atoms with E-state index >= 15 is 0 Å². The highest BCUT2D eigenvalue weighted by molar-refractivity contribution is 7.26. The number of hydrogen-bond donors (Lipinski definition) is 0. The van der Waals surface area contributed by atoms with Gasteiger partial charge >= 0.3 is 0 Å². The molecule has 0 radical (unpaired) electrons. The molecule has 2 heteroatoms. The molecule has 0 aliphatic carbocycles. The third-order valence-corrected chi connectivity index (χ3v) is 11.5. The predicted octanol–water partition coefficient (Wildman–Crippen LogP) is 14.8. The highest BCUT2D eigenvalue weighted by Crippen LogP contribution is 2.47. The van der Waals surface area contributed by atoms with Gasteiger partial charge in [-0.25, -0.2) is 0 Å². The molecule has 0 saturated carbocycles. The summed E-state index contributed by atoms with van der Waals surface area (Å²) in [6.45, 7) is 0. The van der Waals surface area contributed by atoms with Crippen LogP contribution in [0.1, 0.15) is 0 Å². The quantitative estimate of drug-likeness (QED) is 0.158. The van der Waals surface area contributed by atoms with E-state index in [1.165, 1.54) is 80.8 Å². The highest BCUT2D eigenvalue weighted by Gasteiger charge is 2.20. The average Bonchev–Trinajstić information content (AvgIpc) is 3.62. The second kappa shape index (κ2) is 12.7. The predicted molar refractivity (Wildman–Crippen MR) is 225 cm³/mol. The highest BCUT2D eigenvalue weighted by atomic mass is 32.1. The molecule has 0 N–H and O–H groups in total. The summed E-state index contributed by atoms with van der Waals surface area (Å²) < 4.78 is 2.57. The molecule has 1 aromatic heterocycles. The summed E-state index contributed by atoms with van der Waals surface area (Å²) in [7, 11) is 0. The molecule has 10 rings (SSSR count). The zero-order valence-electron chi connectivity index (χ0n) is 28.4. The number of anilines is 3. The zero-order valence-corrected chi connectivity index (χ0v) is 29.2. The van der Waals surface area contributed by atoms with Gasteiger partial charge in [-0.3, -0.25) is 0 Å². The maximum atomic E-state index is 2.43. The summed E-state index contributed by atoms with van der Waals surface area (Å²) in [4.78, 5) is 2.43. The topological polar surface area (TPSA) is 3.24 Å². The van der Waals surface area contributed by atoms with Crippen LogP contribution < -0.4 is 4.90 Å². The molecule has 10 aromatic rings. The summed E-state index contributed by atoms with van der Waals surface area (Å²) in [5, 5.41) is 7.69. The number of benzene rings is 9. The lowest BCUT2D eigenvalue weighted by Crippen LogP contribution is -2.10. The first kappa shape index (κ1) is 30.4. The van der Waals surface area contributed by atoms with Crippen LogP contribution in [0.4, 0.5) is 17.1 Å². The first-order chi connectivity index (χ1) is 25.8. The van der Waals surface area contributed by atoms with Crippen molar-refractivity contribution in [1.29, 1.82) is 0 Å². The summed E-state index contributed by atoms with van der Waals surface area (Å²) >= 11 is 1.88. The van der Waals surface area contributed by atoms with Crippen molar-refractivity contribution in [3.8, 4) is 33.4 Å². The normalized spacial score (nSPS) is 11.5. The SMILES string of the molecule is c1ccc(-c2ccc(N(c3ccc(-c4cc5ccccc5c5ccccc45)cc3)c3cccc4c3sc3cccc(-c5ccccc5)c34)cc2)cc1. The molecule has 1 nitrogen and oxygen atoms in total. The summed E-state index contributed by atoms with van der Waals surface area (Å²) in [5.41, 5.74) is 10.8. The van der Waals surface area contributed by atoms with Crippen LogP contribution in [-0.4, -0.2) is 0 Å². The van der Waals surface area contributed by atoms with Gasteiger partial charge in [0.2, 0.25) is 0 Å². The van der Waals surface area contributed by atoms with E-state index in [1.54, 1.807) is 0 Å². The Morgan fingerprint density at radius 2 is 0.885 bits per heavy atom. The molecular weight excluding hydrogens is 647 g/mol. The average molecular weight is 680 g/mol. The summed E-state index contributed by atoms with van der Waals surface area (Å²) in [6, 6.07) is 72.8. The Balaban J connectivity index is 1.15. The molecule has 0 aliphatic rings. The minimum absolute atomic E-state index is 1.12. The molecule has 0 fully saturated rings. The molecule has 0 amide bonds. The molecule has 0 atom stereocenters. The van der Waals surface area contributed by atoms with Gasteiger partial charge in [0.1, 0.15) is 0 Å². The largest absolute Gasteiger partial charge is 0.309 e. The van der Waals surface area contributed by atoms with Crippen LogP contribution in [0.3, 0.4) is 0 Å². The third kappa shape index (κ3) is 5.16.